The predicted octanol–water partition coefficient (Wildman–Crippen LogP) is 2.99. The first-order valence-corrected chi connectivity index (χ1v) is 5.81. The summed E-state index contributed by atoms with van der Waals surface area (Å²) >= 11 is 0. The fourth-order valence-corrected chi connectivity index (χ4v) is 1.67. The van der Waals surface area contributed by atoms with Crippen LogP contribution < -0.4 is 5.32 Å². The number of carbonyl (C=O) groups is 1. The second-order valence-electron chi connectivity index (χ2n) is 4.12. The van der Waals surface area contributed by atoms with Crippen LogP contribution in [0.25, 0.3) is 0 Å². The van der Waals surface area contributed by atoms with E-state index in [0.29, 0.717) is 11.3 Å². The molecule has 0 aliphatic rings. The Morgan fingerprint density at radius 3 is 2.50 bits per heavy atom. The maximum Gasteiger partial charge on any atom is 0.255 e. The third-order valence-corrected chi connectivity index (χ3v) is 2.66. The van der Waals surface area contributed by atoms with E-state index in [9.17, 15) is 9.90 Å². The normalized spacial score (nSPS) is 11.9. The quantitative estimate of drug-likeness (QED) is 0.867. The molecule has 0 heterocycles. The molecule has 0 radical (unpaired) electrons. The lowest BCUT2D eigenvalue weighted by Gasteiger charge is -2.09. The molecule has 3 nitrogen and oxygen atoms in total. The van der Waals surface area contributed by atoms with Gasteiger partial charge in [0.15, 0.2) is 0 Å². The van der Waals surface area contributed by atoms with E-state index in [1.54, 1.807) is 31.2 Å². The Morgan fingerprint density at radius 1 is 1.11 bits per heavy atom. The summed E-state index contributed by atoms with van der Waals surface area (Å²) in [5.41, 5.74) is 2.07. The van der Waals surface area contributed by atoms with E-state index >= 15 is 0 Å². The van der Waals surface area contributed by atoms with E-state index in [1.165, 1.54) is 0 Å². The van der Waals surface area contributed by atoms with Crippen LogP contribution in [0.2, 0.25) is 0 Å². The van der Waals surface area contributed by atoms with Crippen molar-refractivity contribution in [2.24, 2.45) is 0 Å². The van der Waals surface area contributed by atoms with Crippen molar-refractivity contribution in [1.82, 2.24) is 0 Å². The molecule has 0 aliphatic heterocycles. The minimum absolute atomic E-state index is 0.154. The molecule has 0 aromatic heterocycles. The molecule has 2 aromatic carbocycles. The summed E-state index contributed by atoms with van der Waals surface area (Å²) in [6.45, 7) is 1.69. The lowest BCUT2D eigenvalue weighted by atomic mass is 10.1. The van der Waals surface area contributed by atoms with Crippen LogP contribution in [0.4, 0.5) is 5.69 Å². The summed E-state index contributed by atoms with van der Waals surface area (Å²) in [5.74, 6) is -0.154. The molecule has 18 heavy (non-hydrogen) atoms. The van der Waals surface area contributed by atoms with Gasteiger partial charge in [0, 0.05) is 11.3 Å². The van der Waals surface area contributed by atoms with Gasteiger partial charge in [-0.15, -0.1) is 0 Å². The van der Waals surface area contributed by atoms with Crippen LogP contribution in [0.15, 0.2) is 54.6 Å². The highest BCUT2D eigenvalue weighted by molar-refractivity contribution is 6.04. The van der Waals surface area contributed by atoms with Crippen molar-refractivity contribution in [2.45, 2.75) is 13.0 Å². The zero-order valence-electron chi connectivity index (χ0n) is 10.1. The van der Waals surface area contributed by atoms with Crippen molar-refractivity contribution in [3.63, 3.8) is 0 Å². The van der Waals surface area contributed by atoms with Crippen molar-refractivity contribution < 1.29 is 9.90 Å². The lowest BCUT2D eigenvalue weighted by Crippen LogP contribution is -2.11. The molecule has 0 aliphatic carbocycles. The Labute approximate surface area is 106 Å². The van der Waals surface area contributed by atoms with E-state index in [2.05, 4.69) is 5.32 Å². The van der Waals surface area contributed by atoms with Crippen LogP contribution in [0.5, 0.6) is 0 Å². The molecule has 2 rings (SSSR count). The molecule has 3 heteroatoms. The van der Waals surface area contributed by atoms with Crippen LogP contribution in [0.3, 0.4) is 0 Å². The summed E-state index contributed by atoms with van der Waals surface area (Å²) < 4.78 is 0. The van der Waals surface area contributed by atoms with E-state index in [0.717, 1.165) is 5.56 Å². The highest BCUT2D eigenvalue weighted by Crippen LogP contribution is 2.17. The van der Waals surface area contributed by atoms with Gasteiger partial charge < -0.3 is 10.4 Å². The minimum atomic E-state index is -0.543. The summed E-state index contributed by atoms with van der Waals surface area (Å²) in [5, 5.41) is 12.3. The summed E-state index contributed by atoms with van der Waals surface area (Å²) in [4.78, 5) is 11.9. The van der Waals surface area contributed by atoms with Crippen molar-refractivity contribution in [2.75, 3.05) is 5.32 Å². The Kier molecular flexibility index (Phi) is 3.75. The standard InChI is InChI=1S/C15H15NO2/c1-11(17)13-8-5-9-14(10-13)16-15(18)12-6-3-2-4-7-12/h2-11,17H,1H3,(H,16,18). The number of aliphatic hydroxyl groups is 1. The zero-order chi connectivity index (χ0) is 13.0. The van der Waals surface area contributed by atoms with Gasteiger partial charge in [0.2, 0.25) is 0 Å². The summed E-state index contributed by atoms with van der Waals surface area (Å²) in [6, 6.07) is 16.2. The average molecular weight is 241 g/mol. The summed E-state index contributed by atoms with van der Waals surface area (Å²) in [6.07, 6.45) is -0.543. The largest absolute Gasteiger partial charge is 0.389 e. The van der Waals surface area contributed by atoms with Gasteiger partial charge in [-0.2, -0.15) is 0 Å². The topological polar surface area (TPSA) is 49.3 Å². The first kappa shape index (κ1) is 12.3. The monoisotopic (exact) mass is 241 g/mol. The molecule has 1 atom stereocenters. The highest BCUT2D eigenvalue weighted by atomic mass is 16.3. The molecule has 1 unspecified atom stereocenters. The van der Waals surface area contributed by atoms with Crippen molar-refractivity contribution in [3.05, 3.63) is 65.7 Å². The fourth-order valence-electron chi connectivity index (χ4n) is 1.67. The SMILES string of the molecule is CC(O)c1cccc(NC(=O)c2ccccc2)c1. The number of amides is 1. The molecular formula is C15H15NO2. The number of anilines is 1. The highest BCUT2D eigenvalue weighted by Gasteiger charge is 2.06. The van der Waals surface area contributed by atoms with Gasteiger partial charge in [-0.3, -0.25) is 4.79 Å². The van der Waals surface area contributed by atoms with Crippen molar-refractivity contribution in [1.29, 1.82) is 0 Å². The van der Waals surface area contributed by atoms with Gasteiger partial charge in [-0.25, -0.2) is 0 Å². The first-order valence-electron chi connectivity index (χ1n) is 5.81. The molecule has 0 spiro atoms. The molecule has 1 amide bonds. The second kappa shape index (κ2) is 5.47. The van der Waals surface area contributed by atoms with E-state index in [-0.39, 0.29) is 5.91 Å². The number of carbonyl (C=O) groups excluding carboxylic acids is 1. The second-order valence-corrected chi connectivity index (χ2v) is 4.12. The van der Waals surface area contributed by atoms with Crippen LogP contribution in [-0.2, 0) is 0 Å². The third kappa shape index (κ3) is 2.96. The van der Waals surface area contributed by atoms with Gasteiger partial charge in [-0.05, 0) is 36.8 Å². The van der Waals surface area contributed by atoms with Crippen LogP contribution in [-0.4, -0.2) is 11.0 Å². The fraction of sp³-hybridized carbons (Fsp3) is 0.133. The molecule has 2 N–H and O–H groups in total. The summed E-state index contributed by atoms with van der Waals surface area (Å²) in [7, 11) is 0. The number of rotatable bonds is 3. The zero-order valence-corrected chi connectivity index (χ0v) is 10.1. The van der Waals surface area contributed by atoms with Crippen LogP contribution in [0.1, 0.15) is 28.9 Å². The van der Waals surface area contributed by atoms with Crippen molar-refractivity contribution >= 4 is 11.6 Å². The van der Waals surface area contributed by atoms with E-state index in [4.69, 9.17) is 0 Å². The predicted molar refractivity (Wildman–Crippen MR) is 71.5 cm³/mol. The molecule has 0 saturated heterocycles. The first-order chi connectivity index (χ1) is 8.66. The Bertz CT molecular complexity index is 535. The number of nitrogens with one attached hydrogen (secondary N) is 1. The average Bonchev–Trinajstić information content (AvgIpc) is 2.40. The maximum absolute atomic E-state index is 11.9. The van der Waals surface area contributed by atoms with Crippen LogP contribution in [0, 0.1) is 0 Å². The number of aliphatic hydroxyl groups excluding tert-OH is 1. The van der Waals surface area contributed by atoms with Crippen LogP contribution >= 0.6 is 0 Å². The maximum atomic E-state index is 11.9. The molecule has 2 aromatic rings. The smallest absolute Gasteiger partial charge is 0.255 e. The molecule has 0 fully saturated rings. The lowest BCUT2D eigenvalue weighted by molar-refractivity contribution is 0.102. The third-order valence-electron chi connectivity index (χ3n) is 2.66. The Morgan fingerprint density at radius 2 is 1.83 bits per heavy atom. The number of benzene rings is 2. The number of hydrogen-bond acceptors (Lipinski definition) is 2. The Balaban J connectivity index is 2.15. The molecule has 92 valence electrons. The van der Waals surface area contributed by atoms with E-state index < -0.39 is 6.10 Å². The van der Waals surface area contributed by atoms with E-state index in [1.807, 2.05) is 30.3 Å². The minimum Gasteiger partial charge on any atom is -0.389 e. The Hall–Kier alpha value is -2.13. The van der Waals surface area contributed by atoms with Gasteiger partial charge in [0.1, 0.15) is 0 Å². The molecular weight excluding hydrogens is 226 g/mol. The molecule has 0 bridgehead atoms. The van der Waals surface area contributed by atoms with Gasteiger partial charge in [-0.1, -0.05) is 30.3 Å². The van der Waals surface area contributed by atoms with Gasteiger partial charge in [0.05, 0.1) is 6.10 Å². The molecule has 0 saturated carbocycles. The van der Waals surface area contributed by atoms with Gasteiger partial charge in [0.25, 0.3) is 5.91 Å². The van der Waals surface area contributed by atoms with Gasteiger partial charge >= 0.3 is 0 Å². The van der Waals surface area contributed by atoms with Crippen molar-refractivity contribution in [3.8, 4) is 0 Å². The number of hydrogen-bond donors (Lipinski definition) is 2.